The number of nitrogens with one attached hydrogen (secondary N) is 1. The fourth-order valence-corrected chi connectivity index (χ4v) is 2.30. The van der Waals surface area contributed by atoms with Crippen molar-refractivity contribution in [3.63, 3.8) is 0 Å². The predicted octanol–water partition coefficient (Wildman–Crippen LogP) is 2.32. The summed E-state index contributed by atoms with van der Waals surface area (Å²) >= 11 is 11.8. The highest BCUT2D eigenvalue weighted by Crippen LogP contribution is 2.29. The van der Waals surface area contributed by atoms with E-state index in [1.165, 1.54) is 25.1 Å². The third kappa shape index (κ3) is 4.68. The van der Waals surface area contributed by atoms with Crippen LogP contribution in [-0.2, 0) is 26.5 Å². The van der Waals surface area contributed by atoms with Crippen molar-refractivity contribution in [1.82, 2.24) is 15.5 Å². The van der Waals surface area contributed by atoms with E-state index in [1.54, 1.807) is 6.92 Å². The van der Waals surface area contributed by atoms with Gasteiger partial charge in [-0.05, 0) is 31.5 Å². The minimum Gasteiger partial charge on any atom is -0.479 e. The Kier molecular flexibility index (Phi) is 5.99. The van der Waals surface area contributed by atoms with Crippen LogP contribution in [0.5, 0.6) is 0 Å². The van der Waals surface area contributed by atoms with Crippen molar-refractivity contribution >= 4 is 35.1 Å². The monoisotopic (exact) mass is 387 g/mol. The number of carboxylic acid groups (broad SMARTS) is 1. The number of hydrogen-bond acceptors (Lipinski definition) is 6. The first kappa shape index (κ1) is 19.2. The third-order valence-corrected chi connectivity index (χ3v) is 4.08. The molecule has 0 aliphatic carbocycles. The van der Waals surface area contributed by atoms with Crippen molar-refractivity contribution in [1.29, 1.82) is 0 Å². The first-order chi connectivity index (χ1) is 11.7. The van der Waals surface area contributed by atoms with Crippen molar-refractivity contribution in [2.45, 2.75) is 26.0 Å². The molecule has 0 aliphatic heterocycles. The molecule has 1 atom stereocenters. The van der Waals surface area contributed by atoms with Gasteiger partial charge in [0.25, 0.3) is 5.89 Å². The van der Waals surface area contributed by atoms with Gasteiger partial charge >= 0.3 is 5.97 Å². The smallest absolute Gasteiger partial charge is 0.333 e. The van der Waals surface area contributed by atoms with Gasteiger partial charge in [-0.15, -0.1) is 0 Å². The molecule has 0 aliphatic rings. The second-order valence-electron chi connectivity index (χ2n) is 5.34. The fraction of sp³-hybridized carbons (Fsp3) is 0.333. The number of carbonyl (C=O) groups excluding carboxylic acids is 1. The van der Waals surface area contributed by atoms with E-state index in [9.17, 15) is 14.7 Å². The van der Waals surface area contributed by atoms with Gasteiger partial charge < -0.3 is 19.7 Å². The molecule has 8 nitrogen and oxygen atoms in total. The average molecular weight is 388 g/mol. The van der Waals surface area contributed by atoms with Gasteiger partial charge in [0.1, 0.15) is 13.2 Å². The van der Waals surface area contributed by atoms with Gasteiger partial charge in [-0.3, -0.25) is 4.79 Å². The van der Waals surface area contributed by atoms with Crippen LogP contribution in [0, 0.1) is 6.92 Å². The Bertz CT molecular complexity index is 795. The van der Waals surface area contributed by atoms with E-state index in [2.05, 4.69) is 15.5 Å². The largest absolute Gasteiger partial charge is 0.479 e. The van der Waals surface area contributed by atoms with Crippen molar-refractivity contribution in [2.24, 2.45) is 0 Å². The summed E-state index contributed by atoms with van der Waals surface area (Å²) in [5.74, 6) is -1.23. The summed E-state index contributed by atoms with van der Waals surface area (Å²) in [7, 11) is 0. The second-order valence-corrected chi connectivity index (χ2v) is 6.15. The standard InChI is InChI=1S/C15H15Cl2N3O5/c1-8-18-13(25-20-8)7-24-6-12(21)19-15(2,14(22)23)9-3-4-10(16)11(17)5-9/h3-5H,6-7H2,1-2H3,(H,19,21)(H,22,23). The lowest BCUT2D eigenvalue weighted by atomic mass is 9.92. The molecule has 0 saturated carbocycles. The molecule has 134 valence electrons. The number of aliphatic carboxylic acids is 1. The summed E-state index contributed by atoms with van der Waals surface area (Å²) in [6, 6.07) is 4.33. The molecule has 1 amide bonds. The molecule has 2 N–H and O–H groups in total. The highest BCUT2D eigenvalue weighted by Gasteiger charge is 2.37. The molecule has 2 aromatic rings. The van der Waals surface area contributed by atoms with E-state index >= 15 is 0 Å². The van der Waals surface area contributed by atoms with Crippen LogP contribution in [0.15, 0.2) is 22.7 Å². The number of nitrogens with zero attached hydrogens (tertiary/aromatic N) is 2. The summed E-state index contributed by atoms with van der Waals surface area (Å²) in [5.41, 5.74) is -1.43. The second kappa shape index (κ2) is 7.81. The third-order valence-electron chi connectivity index (χ3n) is 3.34. The van der Waals surface area contributed by atoms with Crippen molar-refractivity contribution in [2.75, 3.05) is 6.61 Å². The Morgan fingerprint density at radius 3 is 2.64 bits per heavy atom. The van der Waals surface area contributed by atoms with Gasteiger partial charge in [-0.1, -0.05) is 34.4 Å². The Morgan fingerprint density at radius 2 is 2.08 bits per heavy atom. The van der Waals surface area contributed by atoms with Crippen LogP contribution in [-0.4, -0.2) is 33.7 Å². The number of benzene rings is 1. The summed E-state index contributed by atoms with van der Waals surface area (Å²) in [6.45, 7) is 2.54. The maximum atomic E-state index is 12.1. The number of aryl methyl sites for hydroxylation is 1. The van der Waals surface area contributed by atoms with Gasteiger partial charge in [0, 0.05) is 0 Å². The van der Waals surface area contributed by atoms with Crippen LogP contribution in [0.25, 0.3) is 0 Å². The summed E-state index contributed by atoms with van der Waals surface area (Å²) < 4.78 is 9.99. The number of carboxylic acids is 1. The Morgan fingerprint density at radius 1 is 1.36 bits per heavy atom. The Balaban J connectivity index is 2.03. The summed E-state index contributed by atoms with van der Waals surface area (Å²) in [5, 5.41) is 16.0. The maximum absolute atomic E-state index is 12.1. The highest BCUT2D eigenvalue weighted by atomic mass is 35.5. The molecular weight excluding hydrogens is 373 g/mol. The van der Waals surface area contributed by atoms with Crippen LogP contribution < -0.4 is 5.32 Å². The number of carbonyl (C=O) groups is 2. The highest BCUT2D eigenvalue weighted by molar-refractivity contribution is 6.42. The average Bonchev–Trinajstić information content (AvgIpc) is 2.95. The van der Waals surface area contributed by atoms with E-state index in [0.29, 0.717) is 5.82 Å². The van der Waals surface area contributed by atoms with Crippen LogP contribution >= 0.6 is 23.2 Å². The zero-order chi connectivity index (χ0) is 18.6. The minimum atomic E-state index is -1.70. The summed E-state index contributed by atoms with van der Waals surface area (Å²) in [4.78, 5) is 27.7. The fourth-order valence-electron chi connectivity index (χ4n) is 2.00. The number of rotatable bonds is 7. The van der Waals surface area contributed by atoms with Gasteiger partial charge in [0.2, 0.25) is 5.91 Å². The molecule has 0 bridgehead atoms. The number of hydrogen-bond donors (Lipinski definition) is 2. The maximum Gasteiger partial charge on any atom is 0.333 e. The van der Waals surface area contributed by atoms with E-state index in [-0.39, 0.29) is 34.7 Å². The van der Waals surface area contributed by atoms with Crippen LogP contribution in [0.1, 0.15) is 24.2 Å². The van der Waals surface area contributed by atoms with Crippen LogP contribution in [0.2, 0.25) is 10.0 Å². The molecule has 0 fully saturated rings. The Labute approximate surface area is 153 Å². The van der Waals surface area contributed by atoms with Gasteiger partial charge in [0.15, 0.2) is 11.4 Å². The first-order valence-corrected chi connectivity index (χ1v) is 7.85. The van der Waals surface area contributed by atoms with E-state index in [4.69, 9.17) is 32.5 Å². The minimum absolute atomic E-state index is 0.0647. The lowest BCUT2D eigenvalue weighted by molar-refractivity contribution is -0.148. The van der Waals surface area contributed by atoms with E-state index in [1.807, 2.05) is 0 Å². The van der Waals surface area contributed by atoms with Gasteiger partial charge in [-0.2, -0.15) is 4.98 Å². The number of amides is 1. The van der Waals surface area contributed by atoms with E-state index in [0.717, 1.165) is 0 Å². The lowest BCUT2D eigenvalue weighted by Gasteiger charge is -2.27. The number of ether oxygens (including phenoxy) is 1. The Hall–Kier alpha value is -2.16. The molecule has 1 aromatic carbocycles. The zero-order valence-electron chi connectivity index (χ0n) is 13.4. The quantitative estimate of drug-likeness (QED) is 0.748. The molecule has 1 heterocycles. The molecule has 1 unspecified atom stereocenters. The first-order valence-electron chi connectivity index (χ1n) is 7.09. The normalized spacial score (nSPS) is 13.3. The molecule has 0 saturated heterocycles. The molecule has 2 rings (SSSR count). The van der Waals surface area contributed by atoms with E-state index < -0.39 is 17.4 Å². The molecule has 0 radical (unpaired) electrons. The van der Waals surface area contributed by atoms with Crippen LogP contribution in [0.3, 0.4) is 0 Å². The molecule has 1 aromatic heterocycles. The van der Waals surface area contributed by atoms with Gasteiger partial charge in [0.05, 0.1) is 10.0 Å². The van der Waals surface area contributed by atoms with Crippen molar-refractivity contribution in [3.05, 3.63) is 45.5 Å². The molecule has 10 heteroatoms. The van der Waals surface area contributed by atoms with Crippen molar-refractivity contribution in [3.8, 4) is 0 Å². The number of aromatic nitrogens is 2. The SMILES string of the molecule is Cc1noc(COCC(=O)NC(C)(C(=O)O)c2ccc(Cl)c(Cl)c2)n1. The zero-order valence-corrected chi connectivity index (χ0v) is 14.9. The number of halogens is 2. The van der Waals surface area contributed by atoms with Crippen molar-refractivity contribution < 1.29 is 24.0 Å². The molecule has 25 heavy (non-hydrogen) atoms. The molecule has 0 spiro atoms. The van der Waals surface area contributed by atoms with Gasteiger partial charge in [-0.25, -0.2) is 4.79 Å². The molecular formula is C15H15Cl2N3O5. The van der Waals surface area contributed by atoms with Crippen LogP contribution in [0.4, 0.5) is 0 Å². The summed E-state index contributed by atoms with van der Waals surface area (Å²) in [6.07, 6.45) is 0. The predicted molar refractivity (Wildman–Crippen MR) is 88.3 cm³/mol. The lowest BCUT2D eigenvalue weighted by Crippen LogP contribution is -2.50. The topological polar surface area (TPSA) is 115 Å².